The van der Waals surface area contributed by atoms with Crippen LogP contribution >= 0.6 is 0 Å². The van der Waals surface area contributed by atoms with Gasteiger partial charge in [-0.25, -0.2) is 0 Å². The maximum Gasteiger partial charge on any atom is 0.0764 e. The molecule has 0 bridgehead atoms. The molecule has 0 saturated carbocycles. The molecular formula is C15H29N5. The first-order valence-corrected chi connectivity index (χ1v) is 7.77. The van der Waals surface area contributed by atoms with Crippen molar-refractivity contribution in [2.24, 2.45) is 11.7 Å². The molecule has 1 saturated heterocycles. The van der Waals surface area contributed by atoms with E-state index in [4.69, 9.17) is 5.73 Å². The quantitative estimate of drug-likeness (QED) is 0.849. The van der Waals surface area contributed by atoms with E-state index in [0.29, 0.717) is 12.0 Å². The number of nitrogens with two attached hydrogens (primary N) is 1. The summed E-state index contributed by atoms with van der Waals surface area (Å²) in [4.78, 5) is 5.03. The first-order valence-electron chi connectivity index (χ1n) is 7.77. The Morgan fingerprint density at radius 3 is 2.35 bits per heavy atom. The van der Waals surface area contributed by atoms with Crippen LogP contribution in [-0.4, -0.2) is 58.8 Å². The summed E-state index contributed by atoms with van der Waals surface area (Å²) in [5, 5.41) is 4.63. The molecule has 0 amide bonds. The minimum absolute atomic E-state index is 0.443. The largest absolute Gasteiger partial charge is 0.330 e. The van der Waals surface area contributed by atoms with Gasteiger partial charge in [-0.2, -0.15) is 5.10 Å². The molecule has 2 heterocycles. The van der Waals surface area contributed by atoms with Crippen LogP contribution in [0.15, 0.2) is 12.3 Å². The molecule has 1 aliphatic heterocycles. The highest BCUT2D eigenvalue weighted by atomic mass is 15.3. The third-order valence-corrected chi connectivity index (χ3v) is 4.02. The van der Waals surface area contributed by atoms with Crippen LogP contribution in [0.25, 0.3) is 0 Å². The first-order chi connectivity index (χ1) is 9.58. The fourth-order valence-electron chi connectivity index (χ4n) is 2.62. The van der Waals surface area contributed by atoms with Gasteiger partial charge in [-0.1, -0.05) is 6.92 Å². The van der Waals surface area contributed by atoms with Crippen molar-refractivity contribution in [2.45, 2.75) is 33.4 Å². The van der Waals surface area contributed by atoms with Crippen LogP contribution < -0.4 is 5.73 Å². The minimum Gasteiger partial charge on any atom is -0.330 e. The van der Waals surface area contributed by atoms with Crippen LogP contribution in [0.4, 0.5) is 0 Å². The van der Waals surface area contributed by atoms with E-state index in [2.05, 4.69) is 47.9 Å². The van der Waals surface area contributed by atoms with Gasteiger partial charge in [-0.15, -0.1) is 0 Å². The lowest BCUT2D eigenvalue weighted by molar-refractivity contribution is 0.115. The van der Waals surface area contributed by atoms with E-state index in [-0.39, 0.29) is 0 Å². The zero-order chi connectivity index (χ0) is 14.5. The highest BCUT2D eigenvalue weighted by Gasteiger charge is 2.18. The zero-order valence-electron chi connectivity index (χ0n) is 13.1. The van der Waals surface area contributed by atoms with Gasteiger partial charge in [0.2, 0.25) is 0 Å². The van der Waals surface area contributed by atoms with Crippen LogP contribution in [0, 0.1) is 5.92 Å². The van der Waals surface area contributed by atoms with Gasteiger partial charge in [0.05, 0.1) is 5.69 Å². The molecule has 0 radical (unpaired) electrons. The molecule has 5 heteroatoms. The molecule has 5 nitrogen and oxygen atoms in total. The van der Waals surface area contributed by atoms with Crippen molar-refractivity contribution < 1.29 is 0 Å². The van der Waals surface area contributed by atoms with Crippen molar-refractivity contribution in [2.75, 3.05) is 39.3 Å². The Hall–Kier alpha value is -0.910. The molecule has 2 N–H and O–H groups in total. The van der Waals surface area contributed by atoms with Crippen molar-refractivity contribution in [1.82, 2.24) is 19.6 Å². The molecular weight excluding hydrogens is 250 g/mol. The molecule has 114 valence electrons. The first kappa shape index (κ1) is 15.5. The molecule has 0 aliphatic carbocycles. The van der Waals surface area contributed by atoms with Crippen molar-refractivity contribution >= 4 is 0 Å². The predicted molar refractivity (Wildman–Crippen MR) is 82.5 cm³/mol. The Morgan fingerprint density at radius 2 is 1.80 bits per heavy atom. The summed E-state index contributed by atoms with van der Waals surface area (Å²) in [7, 11) is 0. The molecule has 1 unspecified atom stereocenters. The molecule has 1 aliphatic rings. The fourth-order valence-corrected chi connectivity index (χ4v) is 2.62. The summed E-state index contributed by atoms with van der Waals surface area (Å²) in [6.07, 6.45) is 2.08. The van der Waals surface area contributed by atoms with Crippen LogP contribution in [-0.2, 0) is 6.54 Å². The molecule has 1 aromatic rings. The number of hydrogen-bond acceptors (Lipinski definition) is 4. The van der Waals surface area contributed by atoms with E-state index < -0.39 is 0 Å². The fraction of sp³-hybridized carbons (Fsp3) is 0.800. The summed E-state index contributed by atoms with van der Waals surface area (Å²) in [6.45, 7) is 14.0. The van der Waals surface area contributed by atoms with Crippen LogP contribution in [0.5, 0.6) is 0 Å². The maximum atomic E-state index is 5.70. The van der Waals surface area contributed by atoms with Gasteiger partial charge in [0.25, 0.3) is 0 Å². The summed E-state index contributed by atoms with van der Waals surface area (Å²) in [5.41, 5.74) is 6.88. The average Bonchev–Trinajstić information content (AvgIpc) is 2.89. The van der Waals surface area contributed by atoms with Crippen molar-refractivity contribution in [3.05, 3.63) is 18.0 Å². The Bertz CT molecular complexity index is 393. The third kappa shape index (κ3) is 4.30. The summed E-state index contributed by atoms with van der Waals surface area (Å²) in [6, 6.07) is 2.58. The van der Waals surface area contributed by atoms with Crippen LogP contribution in [0.1, 0.15) is 32.5 Å². The Balaban J connectivity index is 1.76. The van der Waals surface area contributed by atoms with Crippen molar-refractivity contribution in [1.29, 1.82) is 0 Å². The second kappa shape index (κ2) is 7.20. The van der Waals surface area contributed by atoms with E-state index in [9.17, 15) is 0 Å². The van der Waals surface area contributed by atoms with Gasteiger partial charge < -0.3 is 10.6 Å². The number of aromatic nitrogens is 2. The SMILES string of the molecule is CC(CN)CN1CCN(Cc2ccn(C(C)C)n2)CC1. The van der Waals surface area contributed by atoms with E-state index >= 15 is 0 Å². The van der Waals surface area contributed by atoms with E-state index in [1.165, 1.54) is 5.69 Å². The number of rotatable bonds is 6. The van der Waals surface area contributed by atoms with Crippen molar-refractivity contribution in [3.63, 3.8) is 0 Å². The highest BCUT2D eigenvalue weighted by Crippen LogP contribution is 2.10. The predicted octanol–water partition coefficient (Wildman–Crippen LogP) is 1.18. The monoisotopic (exact) mass is 279 g/mol. The lowest BCUT2D eigenvalue weighted by Gasteiger charge is -2.35. The number of nitrogens with zero attached hydrogens (tertiary/aromatic N) is 4. The Morgan fingerprint density at radius 1 is 1.15 bits per heavy atom. The van der Waals surface area contributed by atoms with Gasteiger partial charge in [-0.3, -0.25) is 9.58 Å². The number of piperazine rings is 1. The average molecular weight is 279 g/mol. The van der Waals surface area contributed by atoms with E-state index in [0.717, 1.165) is 45.8 Å². The second-order valence-corrected chi connectivity index (χ2v) is 6.30. The molecule has 0 spiro atoms. The van der Waals surface area contributed by atoms with Crippen LogP contribution in [0.3, 0.4) is 0 Å². The van der Waals surface area contributed by atoms with Gasteiger partial charge >= 0.3 is 0 Å². The second-order valence-electron chi connectivity index (χ2n) is 6.30. The van der Waals surface area contributed by atoms with Gasteiger partial charge in [-0.05, 0) is 32.4 Å². The standard InChI is InChI=1S/C15H29N5/c1-13(2)20-5-4-15(17-20)12-19-8-6-18(7-9-19)11-14(3)10-16/h4-5,13-14H,6-12,16H2,1-3H3. The van der Waals surface area contributed by atoms with E-state index in [1.54, 1.807) is 0 Å². The highest BCUT2D eigenvalue weighted by molar-refractivity contribution is 4.99. The Kier molecular flexibility index (Phi) is 5.57. The molecule has 1 aromatic heterocycles. The topological polar surface area (TPSA) is 50.3 Å². The lowest BCUT2D eigenvalue weighted by atomic mass is 10.1. The molecule has 1 atom stereocenters. The van der Waals surface area contributed by atoms with Crippen molar-refractivity contribution in [3.8, 4) is 0 Å². The molecule has 20 heavy (non-hydrogen) atoms. The van der Waals surface area contributed by atoms with Gasteiger partial charge in [0, 0.05) is 51.5 Å². The summed E-state index contributed by atoms with van der Waals surface area (Å²) >= 11 is 0. The maximum absolute atomic E-state index is 5.70. The van der Waals surface area contributed by atoms with Crippen LogP contribution in [0.2, 0.25) is 0 Å². The smallest absolute Gasteiger partial charge is 0.0764 e. The number of hydrogen-bond donors (Lipinski definition) is 1. The normalized spacial score (nSPS) is 19.6. The summed E-state index contributed by atoms with van der Waals surface area (Å²) in [5.74, 6) is 0.600. The minimum atomic E-state index is 0.443. The Labute approximate surface area is 122 Å². The molecule has 0 aromatic carbocycles. The zero-order valence-corrected chi connectivity index (χ0v) is 13.1. The van der Waals surface area contributed by atoms with E-state index in [1.807, 2.05) is 4.68 Å². The summed E-state index contributed by atoms with van der Waals surface area (Å²) < 4.78 is 2.04. The van der Waals surface area contributed by atoms with Gasteiger partial charge in [0.15, 0.2) is 0 Å². The third-order valence-electron chi connectivity index (χ3n) is 4.02. The lowest BCUT2D eigenvalue weighted by Crippen LogP contribution is -2.47. The molecule has 2 rings (SSSR count). The molecule has 1 fully saturated rings. The van der Waals surface area contributed by atoms with Gasteiger partial charge in [0.1, 0.15) is 0 Å².